The van der Waals surface area contributed by atoms with Crippen molar-refractivity contribution in [3.8, 4) is 0 Å². The smallest absolute Gasteiger partial charge is 0.183 e. The minimum Gasteiger partial charge on any atom is -0.341 e. The van der Waals surface area contributed by atoms with Crippen LogP contribution in [0.4, 0.5) is 0 Å². The Morgan fingerprint density at radius 2 is 0.762 bits per heavy atom. The quantitative estimate of drug-likeness (QED) is 0.118. The van der Waals surface area contributed by atoms with Crippen LogP contribution in [0.15, 0.2) is 207 Å². The van der Waals surface area contributed by atoms with E-state index in [1.54, 1.807) is 0 Å². The van der Waals surface area contributed by atoms with Crippen LogP contribution in [0.1, 0.15) is 87.2 Å². The van der Waals surface area contributed by atoms with Gasteiger partial charge in [-0.3, -0.25) is 17.6 Å². The first-order chi connectivity index (χ1) is 47.0. The fraction of sp³-hybridized carbons (Fsp3) is 0.207. The second kappa shape index (κ2) is 27.9. The zero-order chi connectivity index (χ0) is 67.1. The van der Waals surface area contributed by atoms with Crippen LogP contribution in [0.2, 0.25) is 0 Å². The Kier molecular flexibility index (Phi) is 19.4. The Morgan fingerprint density at radius 3 is 1.34 bits per heavy atom. The van der Waals surface area contributed by atoms with Gasteiger partial charge in [0, 0.05) is 126 Å². The number of nitrogens with zero attached hydrogens (tertiary/aromatic N) is 15. The van der Waals surface area contributed by atoms with Crippen molar-refractivity contribution in [2.45, 2.75) is 98.9 Å². The van der Waals surface area contributed by atoms with Crippen molar-refractivity contribution in [3.05, 3.63) is 265 Å². The molecule has 0 saturated carbocycles. The highest BCUT2D eigenvalue weighted by Gasteiger charge is 2.16. The highest BCUT2D eigenvalue weighted by Crippen LogP contribution is 2.29. The lowest BCUT2D eigenvalue weighted by Crippen LogP contribution is -1.90. The van der Waals surface area contributed by atoms with E-state index in [-0.39, 0.29) is 29.7 Å². The summed E-state index contributed by atoms with van der Waals surface area (Å²) in [7, 11) is 6.37. The molecule has 0 amide bonds. The van der Waals surface area contributed by atoms with Crippen molar-refractivity contribution in [2.75, 3.05) is 0 Å². The molecule has 0 atom stereocenters. The first-order valence-corrected chi connectivity index (χ1v) is 32.6. The molecule has 0 radical (unpaired) electrons. The number of benzene rings is 3. The van der Waals surface area contributed by atoms with Gasteiger partial charge < -0.3 is 46.8 Å². The zero-order valence-corrected chi connectivity index (χ0v) is 56.8. The Hall–Kier alpha value is -12.3. The fourth-order valence-electron chi connectivity index (χ4n) is 13.6. The number of rotatable bonds is 0. The molecule has 18 aromatic heterocycles. The van der Waals surface area contributed by atoms with Gasteiger partial charge in [-0.25, -0.2) is 24.9 Å². The van der Waals surface area contributed by atoms with Crippen molar-refractivity contribution in [2.24, 2.45) is 21.1 Å². The number of para-hydroxylation sites is 2. The molecule has 0 unspecified atom stereocenters. The lowest BCUT2D eigenvalue weighted by molar-refractivity contribution is 0.910. The van der Waals surface area contributed by atoms with Crippen molar-refractivity contribution in [3.63, 3.8) is 0 Å². The molecule has 0 spiro atoms. The van der Waals surface area contributed by atoms with E-state index in [0.29, 0.717) is 0 Å². The minimum atomic E-state index is 0. The van der Waals surface area contributed by atoms with Crippen LogP contribution in [0.25, 0.3) is 116 Å². The molecule has 0 aliphatic carbocycles. The molecule has 21 rings (SSSR count). The number of nitrogens with one attached hydrogen (secondary N) is 4. The van der Waals surface area contributed by atoms with E-state index in [1.807, 2.05) is 111 Å². The van der Waals surface area contributed by atoms with E-state index in [1.165, 1.54) is 89.2 Å². The molecule has 4 N–H and O–H groups in total. The fourth-order valence-corrected chi connectivity index (χ4v) is 13.6. The molecule has 21 aromatic rings. The number of imidazole rings is 8. The van der Waals surface area contributed by atoms with Crippen molar-refractivity contribution in [1.82, 2.24) is 89.4 Å². The number of aromatic amines is 4. The highest BCUT2D eigenvalue weighted by molar-refractivity contribution is 5.97. The Morgan fingerprint density at radius 1 is 0.327 bits per heavy atom. The number of H-pyrrole nitrogens is 4. The molecule has 0 aliphatic rings. The third-order valence-electron chi connectivity index (χ3n) is 19.0. The summed E-state index contributed by atoms with van der Waals surface area (Å²) in [6.45, 7) is 20.8. The lowest BCUT2D eigenvalue weighted by Gasteiger charge is -1.97. The van der Waals surface area contributed by atoms with Gasteiger partial charge in [-0.15, -0.1) is 0 Å². The normalized spacial score (nSPS) is 11.1. The maximum atomic E-state index is 4.42. The molecule has 101 heavy (non-hydrogen) atoms. The molecule has 0 saturated heterocycles. The van der Waals surface area contributed by atoms with Gasteiger partial charge in [0.05, 0.1) is 38.6 Å². The predicted molar refractivity (Wildman–Crippen MR) is 422 cm³/mol. The number of fused-ring (bicyclic) bond motifs is 21. The summed E-state index contributed by atoms with van der Waals surface area (Å²) in [5.41, 5.74) is 27.0. The molecule has 18 heterocycles. The van der Waals surface area contributed by atoms with Crippen molar-refractivity contribution in [1.29, 1.82) is 0 Å². The Balaban J connectivity index is 0.000000118. The Bertz CT molecular complexity index is 5750. The topological polar surface area (TPSA) is 173 Å². The number of aryl methyl sites for hydroxylation is 10. The number of hydrogen-bond acceptors (Lipinski definition) is 5. The van der Waals surface area contributed by atoms with Crippen molar-refractivity contribution < 1.29 is 0 Å². The van der Waals surface area contributed by atoms with Gasteiger partial charge in [-0.1, -0.05) is 115 Å². The molecule has 516 valence electrons. The summed E-state index contributed by atoms with van der Waals surface area (Å²) >= 11 is 0. The van der Waals surface area contributed by atoms with Gasteiger partial charge in [0.15, 0.2) is 16.9 Å². The second-order valence-electron chi connectivity index (χ2n) is 25.0. The first kappa shape index (κ1) is 70.1. The molecule has 19 nitrogen and oxygen atoms in total. The number of pyridine rings is 4. The van der Waals surface area contributed by atoms with E-state index < -0.39 is 0 Å². The van der Waals surface area contributed by atoms with Crippen LogP contribution in [-0.4, -0.2) is 89.4 Å². The molecule has 3 aromatic carbocycles. The molecule has 0 fully saturated rings. The van der Waals surface area contributed by atoms with E-state index >= 15 is 0 Å². The van der Waals surface area contributed by atoms with Gasteiger partial charge in [0.2, 0.25) is 0 Å². The third-order valence-corrected chi connectivity index (χ3v) is 19.0. The monoisotopic (exact) mass is 1340 g/mol. The van der Waals surface area contributed by atoms with Crippen LogP contribution >= 0.6 is 0 Å². The number of hydrogen-bond donors (Lipinski definition) is 4. The van der Waals surface area contributed by atoms with Crippen molar-refractivity contribution >= 4 is 116 Å². The van der Waals surface area contributed by atoms with Crippen LogP contribution in [0.5, 0.6) is 0 Å². The average molecular weight is 1340 g/mol. The van der Waals surface area contributed by atoms with E-state index in [9.17, 15) is 0 Å². The molecular weight excluding hydrogens is 1250 g/mol. The molecule has 0 bridgehead atoms. The van der Waals surface area contributed by atoms with Crippen LogP contribution in [-0.2, 0) is 21.1 Å². The highest BCUT2D eigenvalue weighted by atomic mass is 15.2. The van der Waals surface area contributed by atoms with Crippen LogP contribution < -0.4 is 0 Å². The van der Waals surface area contributed by atoms with Gasteiger partial charge in [-0.2, -0.15) is 0 Å². The first-order valence-electron chi connectivity index (χ1n) is 32.6. The average Bonchev–Trinajstić information content (AvgIpc) is 1.60. The standard InChI is InChI=1S/3C13H14N2.3C10H9N3.C9H8N4.4CH4/c1-9-10(2)15-8-11-6-4-5-7-12(11)13(15)14(9)3;2*1-9-10(2)15-12-7-5-4-6-11(12)8-13(15)14(9)3;2*1-7-11-8-6-13-5-3-2-4-9(13)10(8)12-7;1-7-11-9-6-8-4-2-3-5-13(8)10(9)12-7;1-6-10-8-9(11-6)13-5-3-2-4-7(13)12-8;;;;/h3*4-8H,1-3H3;3*2-6H,1H3,(H,11,12);2-5H,1H3,(H,10,11);4*1H4. The minimum absolute atomic E-state index is 0. The van der Waals surface area contributed by atoms with Gasteiger partial charge in [-0.05, 0) is 148 Å². The molecule has 0 aliphatic heterocycles. The van der Waals surface area contributed by atoms with E-state index in [4.69, 9.17) is 0 Å². The Labute approximate surface area is 587 Å². The summed E-state index contributed by atoms with van der Waals surface area (Å²) in [5.74, 6) is 3.80. The maximum absolute atomic E-state index is 4.42. The summed E-state index contributed by atoms with van der Waals surface area (Å²) < 4.78 is 21.9. The summed E-state index contributed by atoms with van der Waals surface area (Å²) in [6.07, 6.45) is 14.4. The second-order valence-corrected chi connectivity index (χ2v) is 25.0. The predicted octanol–water partition coefficient (Wildman–Crippen LogP) is 19.6. The van der Waals surface area contributed by atoms with Crippen LogP contribution in [0.3, 0.4) is 0 Å². The van der Waals surface area contributed by atoms with Crippen LogP contribution in [0, 0.1) is 69.2 Å². The largest absolute Gasteiger partial charge is 0.341 e. The van der Waals surface area contributed by atoms with Gasteiger partial charge in [0.25, 0.3) is 0 Å². The zero-order valence-electron chi connectivity index (χ0n) is 56.8. The lowest BCUT2D eigenvalue weighted by atomic mass is 10.2. The van der Waals surface area contributed by atoms with Gasteiger partial charge >= 0.3 is 0 Å². The SMILES string of the molecule is C.C.C.C.Cc1c(C)n2c3ccccc3cc2n1C.Cc1c(C)n2c3ccccc3cc2n1C.Cc1c(C)n2cc3ccccc3c2n1C.Cc1nc2c(cc3ccccn32)[nH]1.Cc1nc2c(cn3ccccc23)[nH]1.Cc1nc2c(cn3ccccc23)[nH]1.Cc1nc2c(nc3ccccn32)[nH]1. The third kappa shape index (κ3) is 12.3. The van der Waals surface area contributed by atoms with E-state index in [2.05, 4.69) is 275 Å². The summed E-state index contributed by atoms with van der Waals surface area (Å²) in [4.78, 5) is 34.7. The summed E-state index contributed by atoms with van der Waals surface area (Å²) in [5, 5.41) is 5.26. The summed E-state index contributed by atoms with van der Waals surface area (Å²) in [6, 6.07) is 56.4. The molecular formula is C82H93N19. The number of aromatic nitrogens is 19. The molecule has 19 heteroatoms. The maximum Gasteiger partial charge on any atom is 0.183 e. The van der Waals surface area contributed by atoms with Gasteiger partial charge in [0.1, 0.15) is 56.9 Å². The van der Waals surface area contributed by atoms with E-state index in [0.717, 1.165) is 84.5 Å².